The Kier molecular flexibility index (Phi) is 4.90. The van der Waals surface area contributed by atoms with Crippen LogP contribution in [-0.4, -0.2) is 42.4 Å². The number of aromatic nitrogens is 2. The summed E-state index contributed by atoms with van der Waals surface area (Å²) in [4.78, 5) is 12.3. The van der Waals surface area contributed by atoms with Gasteiger partial charge in [-0.1, -0.05) is 17.4 Å². The van der Waals surface area contributed by atoms with Crippen molar-refractivity contribution in [1.29, 1.82) is 0 Å². The zero-order chi connectivity index (χ0) is 18.2. The molecule has 0 saturated heterocycles. The third-order valence-corrected chi connectivity index (χ3v) is 6.97. The van der Waals surface area contributed by atoms with Crippen molar-refractivity contribution in [2.45, 2.75) is 37.5 Å². The van der Waals surface area contributed by atoms with Crippen LogP contribution in [-0.2, 0) is 14.8 Å². The second kappa shape index (κ2) is 6.81. The SMILES string of the molecule is Cc1ccc(S(=O)(=O)N(C)CC(=O)Nc2nnc(C3CC3)s2)cc1C. The number of nitrogens with zero attached hydrogens (tertiary/aromatic N) is 3. The lowest BCUT2D eigenvalue weighted by molar-refractivity contribution is -0.116. The van der Waals surface area contributed by atoms with E-state index in [2.05, 4.69) is 15.5 Å². The van der Waals surface area contributed by atoms with E-state index in [0.717, 1.165) is 33.3 Å². The van der Waals surface area contributed by atoms with Crippen molar-refractivity contribution in [3.63, 3.8) is 0 Å². The summed E-state index contributed by atoms with van der Waals surface area (Å²) >= 11 is 1.34. The molecule has 25 heavy (non-hydrogen) atoms. The Morgan fingerprint density at radius 2 is 2.00 bits per heavy atom. The first-order chi connectivity index (χ1) is 11.8. The number of benzene rings is 1. The number of hydrogen-bond acceptors (Lipinski definition) is 6. The van der Waals surface area contributed by atoms with Crippen LogP contribution in [0.5, 0.6) is 0 Å². The zero-order valence-corrected chi connectivity index (χ0v) is 15.9. The maximum absolute atomic E-state index is 12.6. The van der Waals surface area contributed by atoms with Crippen LogP contribution in [0, 0.1) is 13.8 Å². The van der Waals surface area contributed by atoms with Crippen LogP contribution in [0.2, 0.25) is 0 Å². The Labute approximate surface area is 151 Å². The van der Waals surface area contributed by atoms with Gasteiger partial charge in [0.1, 0.15) is 5.01 Å². The highest BCUT2D eigenvalue weighted by Gasteiger charge is 2.28. The van der Waals surface area contributed by atoms with Crippen LogP contribution in [0.3, 0.4) is 0 Å². The Bertz CT molecular complexity index is 904. The Hall–Kier alpha value is -1.84. The lowest BCUT2D eigenvalue weighted by atomic mass is 10.1. The number of rotatable bonds is 6. The largest absolute Gasteiger partial charge is 0.299 e. The molecule has 1 aromatic heterocycles. The molecule has 1 saturated carbocycles. The number of nitrogens with one attached hydrogen (secondary N) is 1. The van der Waals surface area contributed by atoms with Gasteiger partial charge in [0.2, 0.25) is 21.1 Å². The van der Waals surface area contributed by atoms with E-state index in [1.165, 1.54) is 18.4 Å². The summed E-state index contributed by atoms with van der Waals surface area (Å²) in [6, 6.07) is 4.93. The van der Waals surface area contributed by atoms with Crippen LogP contribution in [0.25, 0.3) is 0 Å². The normalized spacial score (nSPS) is 14.7. The van der Waals surface area contributed by atoms with Gasteiger partial charge >= 0.3 is 0 Å². The predicted molar refractivity (Wildman–Crippen MR) is 96.2 cm³/mol. The van der Waals surface area contributed by atoms with E-state index in [4.69, 9.17) is 0 Å². The van der Waals surface area contributed by atoms with E-state index in [-0.39, 0.29) is 11.4 Å². The summed E-state index contributed by atoms with van der Waals surface area (Å²) in [5, 5.41) is 11.9. The van der Waals surface area contributed by atoms with E-state index < -0.39 is 15.9 Å². The van der Waals surface area contributed by atoms with Crippen molar-refractivity contribution in [3.8, 4) is 0 Å². The number of anilines is 1. The summed E-state index contributed by atoms with van der Waals surface area (Å²) in [6.07, 6.45) is 2.22. The van der Waals surface area contributed by atoms with Crippen LogP contribution in [0.1, 0.15) is 34.9 Å². The highest BCUT2D eigenvalue weighted by molar-refractivity contribution is 7.89. The quantitative estimate of drug-likeness (QED) is 0.830. The minimum Gasteiger partial charge on any atom is -0.299 e. The van der Waals surface area contributed by atoms with Crippen molar-refractivity contribution < 1.29 is 13.2 Å². The Morgan fingerprint density at radius 1 is 1.28 bits per heavy atom. The summed E-state index contributed by atoms with van der Waals surface area (Å²) < 4.78 is 26.2. The molecule has 0 spiro atoms. The van der Waals surface area contributed by atoms with Gasteiger partial charge in [-0.25, -0.2) is 8.42 Å². The molecule has 1 fully saturated rings. The fourth-order valence-corrected chi connectivity index (χ4v) is 4.42. The van der Waals surface area contributed by atoms with Crippen molar-refractivity contribution in [3.05, 3.63) is 34.3 Å². The van der Waals surface area contributed by atoms with Crippen LogP contribution < -0.4 is 5.32 Å². The van der Waals surface area contributed by atoms with E-state index in [9.17, 15) is 13.2 Å². The molecule has 134 valence electrons. The number of sulfonamides is 1. The van der Waals surface area contributed by atoms with E-state index >= 15 is 0 Å². The average Bonchev–Trinajstić information content (AvgIpc) is 3.30. The topological polar surface area (TPSA) is 92.3 Å². The standard InChI is InChI=1S/C16H20N4O3S2/c1-10-4-7-13(8-11(10)2)25(22,23)20(3)9-14(21)17-16-19-18-15(24-16)12-5-6-12/h4,7-8,12H,5-6,9H2,1-3H3,(H,17,19,21). The van der Waals surface area contributed by atoms with E-state index in [1.54, 1.807) is 18.2 Å². The third-order valence-electron chi connectivity index (χ3n) is 4.17. The average molecular weight is 380 g/mol. The third kappa shape index (κ3) is 4.05. The number of carbonyl (C=O) groups is 1. The van der Waals surface area contributed by atoms with Crippen LogP contribution >= 0.6 is 11.3 Å². The molecule has 1 aliphatic rings. The first-order valence-electron chi connectivity index (χ1n) is 7.94. The molecule has 2 aromatic rings. The van der Waals surface area contributed by atoms with Crippen molar-refractivity contribution in [2.24, 2.45) is 0 Å². The molecule has 0 atom stereocenters. The number of hydrogen-bond donors (Lipinski definition) is 1. The first-order valence-corrected chi connectivity index (χ1v) is 10.2. The number of amides is 1. The number of likely N-dealkylation sites (N-methyl/N-ethyl adjacent to an activating group) is 1. The second-order valence-electron chi connectivity index (χ2n) is 6.28. The Balaban J connectivity index is 1.65. The molecule has 0 aliphatic heterocycles. The minimum absolute atomic E-state index is 0.179. The van der Waals surface area contributed by atoms with Crippen molar-refractivity contribution in [2.75, 3.05) is 18.9 Å². The van der Waals surface area contributed by atoms with Crippen LogP contribution in [0.15, 0.2) is 23.1 Å². The fourth-order valence-electron chi connectivity index (χ4n) is 2.28. The molecule has 9 heteroatoms. The maximum Gasteiger partial charge on any atom is 0.243 e. The van der Waals surface area contributed by atoms with Gasteiger partial charge in [0.25, 0.3) is 0 Å². The number of aryl methyl sites for hydroxylation is 2. The zero-order valence-electron chi connectivity index (χ0n) is 14.3. The molecule has 1 aromatic carbocycles. The summed E-state index contributed by atoms with van der Waals surface area (Å²) in [6.45, 7) is 3.49. The highest BCUT2D eigenvalue weighted by atomic mass is 32.2. The minimum atomic E-state index is -3.72. The molecule has 0 radical (unpaired) electrons. The highest BCUT2D eigenvalue weighted by Crippen LogP contribution is 2.42. The smallest absolute Gasteiger partial charge is 0.243 e. The van der Waals surface area contributed by atoms with Crippen LogP contribution in [0.4, 0.5) is 5.13 Å². The summed E-state index contributed by atoms with van der Waals surface area (Å²) in [5.41, 5.74) is 1.91. The van der Waals surface area contributed by atoms with Crippen molar-refractivity contribution >= 4 is 32.4 Å². The van der Waals surface area contributed by atoms with Gasteiger partial charge < -0.3 is 0 Å². The molecular weight excluding hydrogens is 360 g/mol. The van der Waals surface area contributed by atoms with Gasteiger partial charge in [-0.05, 0) is 49.9 Å². The van der Waals surface area contributed by atoms with Gasteiger partial charge in [0.05, 0.1) is 11.4 Å². The Morgan fingerprint density at radius 3 is 2.64 bits per heavy atom. The van der Waals surface area contributed by atoms with Crippen molar-refractivity contribution in [1.82, 2.24) is 14.5 Å². The number of carbonyl (C=O) groups excluding carboxylic acids is 1. The van der Waals surface area contributed by atoms with Gasteiger partial charge in [0, 0.05) is 13.0 Å². The summed E-state index contributed by atoms with van der Waals surface area (Å²) in [5.74, 6) is 0.0318. The molecule has 0 unspecified atom stereocenters. The van der Waals surface area contributed by atoms with Gasteiger partial charge in [0.15, 0.2) is 0 Å². The second-order valence-corrected chi connectivity index (χ2v) is 9.33. The van der Waals surface area contributed by atoms with E-state index in [0.29, 0.717) is 11.0 Å². The molecule has 1 N–H and O–H groups in total. The molecule has 1 amide bonds. The molecule has 7 nitrogen and oxygen atoms in total. The lowest BCUT2D eigenvalue weighted by Crippen LogP contribution is -2.35. The maximum atomic E-state index is 12.6. The van der Waals surface area contributed by atoms with Gasteiger partial charge in [-0.2, -0.15) is 4.31 Å². The summed E-state index contributed by atoms with van der Waals surface area (Å²) in [7, 11) is -2.34. The molecular formula is C16H20N4O3S2. The van der Waals surface area contributed by atoms with Gasteiger partial charge in [-0.3, -0.25) is 10.1 Å². The van der Waals surface area contributed by atoms with Gasteiger partial charge in [-0.15, -0.1) is 10.2 Å². The monoisotopic (exact) mass is 380 g/mol. The molecule has 1 heterocycles. The molecule has 3 rings (SSSR count). The molecule has 0 bridgehead atoms. The predicted octanol–water partition coefficient (Wildman–Crippen LogP) is 2.29. The molecule has 1 aliphatic carbocycles. The fraction of sp³-hybridized carbons (Fsp3) is 0.438. The lowest BCUT2D eigenvalue weighted by Gasteiger charge is -2.17. The first kappa shape index (κ1) is 18.0. The van der Waals surface area contributed by atoms with E-state index in [1.807, 2.05) is 13.8 Å².